The Labute approximate surface area is 149 Å². The predicted octanol–water partition coefficient (Wildman–Crippen LogP) is 2.13. The van der Waals surface area contributed by atoms with Crippen molar-refractivity contribution in [3.63, 3.8) is 0 Å². The molecule has 0 bridgehead atoms. The normalized spacial score (nSPS) is 17.8. The van der Waals surface area contributed by atoms with Crippen LogP contribution in [0.3, 0.4) is 0 Å². The summed E-state index contributed by atoms with van der Waals surface area (Å²) < 4.78 is 2.86. The van der Waals surface area contributed by atoms with Crippen LogP contribution in [0.1, 0.15) is 29.0 Å². The van der Waals surface area contributed by atoms with Crippen LogP contribution in [0.15, 0.2) is 24.5 Å². The van der Waals surface area contributed by atoms with Crippen molar-refractivity contribution >= 4 is 32.6 Å². The zero-order chi connectivity index (χ0) is 17.4. The number of anilines is 1. The molecule has 1 saturated heterocycles. The molecule has 4 heterocycles. The molecule has 3 aromatic rings. The molecule has 7 nitrogen and oxygen atoms in total. The lowest BCUT2D eigenvalue weighted by Gasteiger charge is -2.32. The fourth-order valence-corrected chi connectivity index (χ4v) is 4.07. The summed E-state index contributed by atoms with van der Waals surface area (Å²) in [4.78, 5) is 23.5. The molecule has 25 heavy (non-hydrogen) atoms. The second-order valence-electron chi connectivity index (χ2n) is 6.39. The van der Waals surface area contributed by atoms with Crippen LogP contribution in [0.2, 0.25) is 0 Å². The number of fused-ring (bicyclic) bond motifs is 1. The average Bonchev–Trinajstić information content (AvgIpc) is 3.19. The Balaban J connectivity index is 1.46. The van der Waals surface area contributed by atoms with Crippen LogP contribution >= 0.6 is 11.3 Å². The summed E-state index contributed by atoms with van der Waals surface area (Å²) in [6.07, 6.45) is 5.58. The first-order valence-electron chi connectivity index (χ1n) is 8.37. The van der Waals surface area contributed by atoms with Gasteiger partial charge < -0.3 is 10.2 Å². The molecule has 1 fully saturated rings. The van der Waals surface area contributed by atoms with Gasteiger partial charge in [0, 0.05) is 38.1 Å². The molecule has 3 aromatic heterocycles. The monoisotopic (exact) mass is 356 g/mol. The molecular weight excluding hydrogens is 336 g/mol. The number of aryl methyl sites for hydroxylation is 2. The molecule has 1 unspecified atom stereocenters. The first-order chi connectivity index (χ1) is 12.1. The Kier molecular flexibility index (Phi) is 4.12. The number of thiazole rings is 1. The van der Waals surface area contributed by atoms with Gasteiger partial charge in [-0.25, -0.2) is 4.98 Å². The van der Waals surface area contributed by atoms with Crippen molar-refractivity contribution in [2.45, 2.75) is 25.8 Å². The summed E-state index contributed by atoms with van der Waals surface area (Å²) in [7, 11) is 1.84. The van der Waals surface area contributed by atoms with E-state index in [-0.39, 0.29) is 11.9 Å². The van der Waals surface area contributed by atoms with Gasteiger partial charge in [-0.05, 0) is 31.9 Å². The first-order valence-corrected chi connectivity index (χ1v) is 9.19. The molecule has 0 saturated carbocycles. The second kappa shape index (κ2) is 6.44. The largest absolute Gasteiger partial charge is 0.346 e. The highest BCUT2D eigenvalue weighted by molar-refractivity contribution is 7.22. The lowest BCUT2D eigenvalue weighted by Crippen LogP contribution is -2.47. The van der Waals surface area contributed by atoms with Crippen molar-refractivity contribution in [3.8, 4) is 0 Å². The van der Waals surface area contributed by atoms with Crippen molar-refractivity contribution in [1.29, 1.82) is 0 Å². The number of amides is 1. The third kappa shape index (κ3) is 3.21. The van der Waals surface area contributed by atoms with Gasteiger partial charge in [0.1, 0.15) is 11.2 Å². The number of pyridine rings is 1. The van der Waals surface area contributed by atoms with E-state index in [1.165, 1.54) is 0 Å². The predicted molar refractivity (Wildman–Crippen MR) is 98.1 cm³/mol. The Hall–Kier alpha value is -2.48. The highest BCUT2D eigenvalue weighted by Gasteiger charge is 2.24. The Bertz CT molecular complexity index is 864. The number of carbonyl (C=O) groups is 1. The van der Waals surface area contributed by atoms with Gasteiger partial charge in [-0.15, -0.1) is 0 Å². The fourth-order valence-electron chi connectivity index (χ4n) is 3.10. The maximum atomic E-state index is 12.4. The lowest BCUT2D eigenvalue weighted by atomic mass is 10.1. The summed E-state index contributed by atoms with van der Waals surface area (Å²) in [6, 6.07) is 3.91. The Morgan fingerprint density at radius 3 is 3.08 bits per heavy atom. The molecule has 1 atom stereocenters. The van der Waals surface area contributed by atoms with Crippen molar-refractivity contribution in [3.05, 3.63) is 35.9 Å². The number of aromatic nitrogens is 4. The van der Waals surface area contributed by atoms with Gasteiger partial charge in [0.25, 0.3) is 5.91 Å². The molecule has 1 N–H and O–H groups in total. The number of piperidine rings is 1. The summed E-state index contributed by atoms with van der Waals surface area (Å²) >= 11 is 1.67. The van der Waals surface area contributed by atoms with Gasteiger partial charge in [0.05, 0.1) is 10.9 Å². The van der Waals surface area contributed by atoms with E-state index in [0.717, 1.165) is 47.0 Å². The van der Waals surface area contributed by atoms with E-state index in [2.05, 4.69) is 25.3 Å². The van der Waals surface area contributed by atoms with Crippen LogP contribution in [-0.4, -0.2) is 44.8 Å². The molecule has 1 aliphatic rings. The molecule has 4 rings (SSSR count). The highest BCUT2D eigenvalue weighted by Crippen LogP contribution is 2.29. The van der Waals surface area contributed by atoms with E-state index >= 15 is 0 Å². The van der Waals surface area contributed by atoms with Crippen molar-refractivity contribution in [1.82, 2.24) is 25.1 Å². The second-order valence-corrected chi connectivity index (χ2v) is 7.40. The van der Waals surface area contributed by atoms with Crippen LogP contribution in [0.5, 0.6) is 0 Å². The minimum atomic E-state index is -0.107. The Morgan fingerprint density at radius 1 is 1.44 bits per heavy atom. The van der Waals surface area contributed by atoms with E-state index in [0.29, 0.717) is 5.69 Å². The third-order valence-corrected chi connectivity index (χ3v) is 5.65. The smallest absolute Gasteiger partial charge is 0.272 e. The van der Waals surface area contributed by atoms with Gasteiger partial charge in [0.2, 0.25) is 0 Å². The number of nitrogens with zero attached hydrogens (tertiary/aromatic N) is 5. The molecule has 0 aliphatic carbocycles. The first kappa shape index (κ1) is 16.0. The van der Waals surface area contributed by atoms with E-state index in [4.69, 9.17) is 0 Å². The summed E-state index contributed by atoms with van der Waals surface area (Å²) in [6.45, 7) is 3.67. The van der Waals surface area contributed by atoms with Crippen LogP contribution in [-0.2, 0) is 7.05 Å². The Morgan fingerprint density at radius 2 is 2.32 bits per heavy atom. The highest BCUT2D eigenvalue weighted by atomic mass is 32.1. The van der Waals surface area contributed by atoms with Gasteiger partial charge in [-0.2, -0.15) is 5.10 Å². The summed E-state index contributed by atoms with van der Waals surface area (Å²) in [5, 5.41) is 8.37. The molecule has 0 aromatic carbocycles. The lowest BCUT2D eigenvalue weighted by molar-refractivity contribution is 0.0927. The minimum Gasteiger partial charge on any atom is -0.346 e. The SMILES string of the molecule is Cc1cc(C(=O)NC2CCCN(c3nc4cnccc4s3)C2)nn1C. The summed E-state index contributed by atoms with van der Waals surface area (Å²) in [5.74, 6) is -0.107. The molecule has 1 aliphatic heterocycles. The van der Waals surface area contributed by atoms with Gasteiger partial charge in [0.15, 0.2) is 5.13 Å². The van der Waals surface area contributed by atoms with Crippen LogP contribution in [0.4, 0.5) is 5.13 Å². The summed E-state index contributed by atoms with van der Waals surface area (Å²) in [5.41, 5.74) is 2.37. The van der Waals surface area contributed by atoms with E-state index in [9.17, 15) is 4.79 Å². The third-order valence-electron chi connectivity index (χ3n) is 4.55. The number of hydrogen-bond donors (Lipinski definition) is 1. The standard InChI is InChI=1S/C17H20N6OS/c1-11-8-13(21-22(11)2)16(24)19-12-4-3-7-23(10-12)17-20-14-9-18-6-5-15(14)25-17/h5-6,8-9,12H,3-4,7,10H2,1-2H3,(H,19,24). The van der Waals surface area contributed by atoms with Crippen LogP contribution in [0.25, 0.3) is 10.2 Å². The van der Waals surface area contributed by atoms with E-state index < -0.39 is 0 Å². The minimum absolute atomic E-state index is 0.105. The topological polar surface area (TPSA) is 75.9 Å². The van der Waals surface area contributed by atoms with Crippen molar-refractivity contribution in [2.75, 3.05) is 18.0 Å². The van der Waals surface area contributed by atoms with Crippen molar-refractivity contribution < 1.29 is 4.79 Å². The fraction of sp³-hybridized carbons (Fsp3) is 0.412. The van der Waals surface area contributed by atoms with Crippen LogP contribution < -0.4 is 10.2 Å². The maximum Gasteiger partial charge on any atom is 0.272 e. The average molecular weight is 356 g/mol. The number of carbonyl (C=O) groups excluding carboxylic acids is 1. The molecule has 0 radical (unpaired) electrons. The van der Waals surface area contributed by atoms with Gasteiger partial charge in [-0.3, -0.25) is 14.5 Å². The molecule has 8 heteroatoms. The van der Waals surface area contributed by atoms with Gasteiger partial charge in [-0.1, -0.05) is 11.3 Å². The molecule has 0 spiro atoms. The quantitative estimate of drug-likeness (QED) is 0.778. The van der Waals surface area contributed by atoms with E-state index in [1.54, 1.807) is 28.4 Å². The van der Waals surface area contributed by atoms with Crippen LogP contribution in [0, 0.1) is 6.92 Å². The number of nitrogens with one attached hydrogen (secondary N) is 1. The number of rotatable bonds is 3. The zero-order valence-electron chi connectivity index (χ0n) is 14.3. The van der Waals surface area contributed by atoms with E-state index in [1.807, 2.05) is 26.1 Å². The maximum absolute atomic E-state index is 12.4. The van der Waals surface area contributed by atoms with Gasteiger partial charge >= 0.3 is 0 Å². The molecular formula is C17H20N6OS. The zero-order valence-corrected chi connectivity index (χ0v) is 15.1. The van der Waals surface area contributed by atoms with Crippen molar-refractivity contribution in [2.24, 2.45) is 7.05 Å². The molecule has 130 valence electrons. The molecule has 1 amide bonds. The number of hydrogen-bond acceptors (Lipinski definition) is 6.